The van der Waals surface area contributed by atoms with Crippen molar-refractivity contribution in [2.45, 2.75) is 6.42 Å². The van der Waals surface area contributed by atoms with Crippen molar-refractivity contribution in [3.63, 3.8) is 0 Å². The molecule has 0 unspecified atom stereocenters. The lowest BCUT2D eigenvalue weighted by Gasteiger charge is -1.98. The fourth-order valence-electron chi connectivity index (χ4n) is 1.97. The molecular weight excluding hydrogens is 340 g/mol. The standard InChI is InChI=1S/C21H20N4O2/c26-20(24-22-15-7-13-18-9-3-1-4-10-18)17-21(27)25-23-16-8-14-19-11-5-2-6-12-19/h1-16H,17H2,(H,24,26)(H,25,27)/b13-7+,14-8+,22-15+,23-16+. The number of hydrazone groups is 2. The Hall–Kier alpha value is -3.80. The molecule has 0 aliphatic heterocycles. The number of hydrogen-bond acceptors (Lipinski definition) is 4. The molecule has 2 aromatic carbocycles. The van der Waals surface area contributed by atoms with Gasteiger partial charge < -0.3 is 0 Å². The van der Waals surface area contributed by atoms with Gasteiger partial charge >= 0.3 is 0 Å². The quantitative estimate of drug-likeness (QED) is 0.431. The fraction of sp³-hybridized carbons (Fsp3) is 0.0476. The van der Waals surface area contributed by atoms with Crippen molar-refractivity contribution in [2.75, 3.05) is 0 Å². The van der Waals surface area contributed by atoms with Gasteiger partial charge in [0.05, 0.1) is 0 Å². The molecule has 6 nitrogen and oxygen atoms in total. The summed E-state index contributed by atoms with van der Waals surface area (Å²) in [5.41, 5.74) is 6.60. The Bertz CT molecular complexity index is 770. The van der Waals surface area contributed by atoms with E-state index in [1.165, 1.54) is 12.4 Å². The van der Waals surface area contributed by atoms with Crippen LogP contribution in [0.4, 0.5) is 0 Å². The molecule has 2 N–H and O–H groups in total. The van der Waals surface area contributed by atoms with Crippen LogP contribution in [-0.4, -0.2) is 24.2 Å². The van der Waals surface area contributed by atoms with Crippen LogP contribution in [0.25, 0.3) is 12.2 Å². The Balaban J connectivity index is 1.64. The van der Waals surface area contributed by atoms with E-state index in [4.69, 9.17) is 0 Å². The molecule has 0 aliphatic carbocycles. The van der Waals surface area contributed by atoms with Crippen LogP contribution in [0, 0.1) is 0 Å². The molecule has 0 fully saturated rings. The summed E-state index contributed by atoms with van der Waals surface area (Å²) in [5, 5.41) is 7.48. The van der Waals surface area contributed by atoms with Gasteiger partial charge in [0.15, 0.2) is 0 Å². The molecule has 2 rings (SSSR count). The number of rotatable bonds is 8. The Morgan fingerprint density at radius 2 is 1.11 bits per heavy atom. The number of benzene rings is 2. The lowest BCUT2D eigenvalue weighted by atomic mass is 10.2. The summed E-state index contributed by atoms with van der Waals surface area (Å²) in [4.78, 5) is 23.2. The summed E-state index contributed by atoms with van der Waals surface area (Å²) in [5.74, 6) is -1.04. The van der Waals surface area contributed by atoms with Crippen molar-refractivity contribution in [3.05, 3.63) is 83.9 Å². The minimum atomic E-state index is -0.521. The van der Waals surface area contributed by atoms with Crippen LogP contribution < -0.4 is 10.9 Å². The van der Waals surface area contributed by atoms with Gasteiger partial charge in [-0.05, 0) is 23.3 Å². The Labute approximate surface area is 158 Å². The second-order valence-electron chi connectivity index (χ2n) is 5.34. The van der Waals surface area contributed by atoms with Gasteiger partial charge in [-0.2, -0.15) is 10.2 Å². The number of carbonyl (C=O) groups excluding carboxylic acids is 2. The fourth-order valence-corrected chi connectivity index (χ4v) is 1.97. The van der Waals surface area contributed by atoms with E-state index in [9.17, 15) is 9.59 Å². The van der Waals surface area contributed by atoms with E-state index >= 15 is 0 Å². The average Bonchev–Trinajstić information content (AvgIpc) is 2.69. The number of nitrogens with zero attached hydrogens (tertiary/aromatic N) is 2. The van der Waals surface area contributed by atoms with Crippen molar-refractivity contribution in [2.24, 2.45) is 10.2 Å². The predicted molar refractivity (Wildman–Crippen MR) is 109 cm³/mol. The highest BCUT2D eigenvalue weighted by Crippen LogP contribution is 2.00. The van der Waals surface area contributed by atoms with Crippen molar-refractivity contribution in [3.8, 4) is 0 Å². The van der Waals surface area contributed by atoms with E-state index in [2.05, 4.69) is 21.1 Å². The van der Waals surface area contributed by atoms with Gasteiger partial charge in [-0.25, -0.2) is 10.9 Å². The highest BCUT2D eigenvalue weighted by molar-refractivity contribution is 5.97. The Morgan fingerprint density at radius 3 is 1.52 bits per heavy atom. The molecule has 0 saturated carbocycles. The van der Waals surface area contributed by atoms with Crippen LogP contribution in [0.2, 0.25) is 0 Å². The van der Waals surface area contributed by atoms with Crippen LogP contribution in [-0.2, 0) is 9.59 Å². The summed E-state index contributed by atoms with van der Waals surface area (Å²) < 4.78 is 0. The molecule has 0 aliphatic rings. The van der Waals surface area contributed by atoms with Crippen molar-refractivity contribution in [1.82, 2.24) is 10.9 Å². The molecule has 2 amide bonds. The zero-order valence-electron chi connectivity index (χ0n) is 14.7. The molecular formula is C21H20N4O2. The second kappa shape index (κ2) is 11.7. The highest BCUT2D eigenvalue weighted by Gasteiger charge is 2.06. The molecule has 0 heterocycles. The summed E-state index contributed by atoms with van der Waals surface area (Å²) >= 11 is 0. The van der Waals surface area contributed by atoms with Gasteiger partial charge in [-0.1, -0.05) is 72.8 Å². The van der Waals surface area contributed by atoms with E-state index in [-0.39, 0.29) is 6.42 Å². The summed E-state index contributed by atoms with van der Waals surface area (Å²) in [6, 6.07) is 19.4. The third-order valence-electron chi connectivity index (χ3n) is 3.20. The molecule has 0 spiro atoms. The molecule has 0 radical (unpaired) electrons. The molecule has 0 aromatic heterocycles. The summed E-state index contributed by atoms with van der Waals surface area (Å²) in [6.45, 7) is 0. The van der Waals surface area contributed by atoms with Gasteiger partial charge in [0, 0.05) is 12.4 Å². The third-order valence-corrected chi connectivity index (χ3v) is 3.20. The molecule has 6 heteroatoms. The van der Waals surface area contributed by atoms with Gasteiger partial charge in [0.1, 0.15) is 6.42 Å². The molecule has 0 atom stereocenters. The first-order chi connectivity index (χ1) is 13.2. The smallest absolute Gasteiger partial charge is 0.249 e. The normalized spacial score (nSPS) is 11.6. The van der Waals surface area contributed by atoms with E-state index in [0.29, 0.717) is 0 Å². The van der Waals surface area contributed by atoms with Gasteiger partial charge in [-0.15, -0.1) is 0 Å². The van der Waals surface area contributed by atoms with Crippen LogP contribution in [0.5, 0.6) is 0 Å². The largest absolute Gasteiger partial charge is 0.273 e. The van der Waals surface area contributed by atoms with E-state index in [1.54, 1.807) is 12.2 Å². The van der Waals surface area contributed by atoms with Crippen LogP contribution >= 0.6 is 0 Å². The van der Waals surface area contributed by atoms with Crippen LogP contribution in [0.1, 0.15) is 17.5 Å². The molecule has 2 aromatic rings. The Kier molecular flexibility index (Phi) is 8.46. The van der Waals surface area contributed by atoms with Crippen molar-refractivity contribution < 1.29 is 9.59 Å². The number of hydrogen-bond donors (Lipinski definition) is 2. The maximum Gasteiger partial charge on any atom is 0.249 e. The average molecular weight is 360 g/mol. The van der Waals surface area contributed by atoms with E-state index in [0.717, 1.165) is 11.1 Å². The first-order valence-electron chi connectivity index (χ1n) is 8.31. The van der Waals surface area contributed by atoms with Crippen molar-refractivity contribution >= 4 is 36.4 Å². The molecule has 136 valence electrons. The Morgan fingerprint density at radius 1 is 0.704 bits per heavy atom. The number of nitrogens with one attached hydrogen (secondary N) is 2. The maximum absolute atomic E-state index is 11.6. The first kappa shape index (κ1) is 19.5. The van der Waals surface area contributed by atoms with Gasteiger partial charge in [0.25, 0.3) is 0 Å². The monoisotopic (exact) mass is 360 g/mol. The van der Waals surface area contributed by atoms with E-state index < -0.39 is 11.8 Å². The number of carbonyl (C=O) groups is 2. The van der Waals surface area contributed by atoms with Gasteiger partial charge in [-0.3, -0.25) is 9.59 Å². The zero-order chi connectivity index (χ0) is 19.2. The predicted octanol–water partition coefficient (Wildman–Crippen LogP) is 3.01. The first-order valence-corrected chi connectivity index (χ1v) is 8.31. The number of amides is 2. The minimum absolute atomic E-state index is 0.362. The minimum Gasteiger partial charge on any atom is -0.273 e. The molecule has 0 saturated heterocycles. The summed E-state index contributed by atoms with van der Waals surface area (Å²) in [7, 11) is 0. The highest BCUT2D eigenvalue weighted by atomic mass is 16.2. The molecule has 0 bridgehead atoms. The maximum atomic E-state index is 11.6. The van der Waals surface area contributed by atoms with Crippen LogP contribution in [0.15, 0.2) is 83.0 Å². The number of allylic oxidation sites excluding steroid dienone is 2. The van der Waals surface area contributed by atoms with Crippen LogP contribution in [0.3, 0.4) is 0 Å². The third kappa shape index (κ3) is 8.74. The van der Waals surface area contributed by atoms with Crippen molar-refractivity contribution in [1.29, 1.82) is 0 Å². The topological polar surface area (TPSA) is 82.9 Å². The second-order valence-corrected chi connectivity index (χ2v) is 5.34. The lowest BCUT2D eigenvalue weighted by Crippen LogP contribution is -2.26. The SMILES string of the molecule is O=C(CC(=O)N/N=C/C=C/c1ccccc1)N/N=C/C=C/c1ccccc1. The van der Waals surface area contributed by atoms with Gasteiger partial charge in [0.2, 0.25) is 11.8 Å². The zero-order valence-corrected chi connectivity index (χ0v) is 14.7. The molecule has 27 heavy (non-hydrogen) atoms. The lowest BCUT2D eigenvalue weighted by molar-refractivity contribution is -0.129. The summed E-state index contributed by atoms with van der Waals surface area (Å²) in [6.07, 6.45) is 9.60. The van der Waals surface area contributed by atoms with E-state index in [1.807, 2.05) is 72.8 Å².